The van der Waals surface area contributed by atoms with Crippen molar-refractivity contribution in [1.82, 2.24) is 25.5 Å². The van der Waals surface area contributed by atoms with Crippen LogP contribution in [0.3, 0.4) is 0 Å². The average Bonchev–Trinajstić information content (AvgIpc) is 3.07. The molecule has 0 aliphatic heterocycles. The highest BCUT2D eigenvalue weighted by Crippen LogP contribution is 2.29. The number of nitrogens with one attached hydrogen (secondary N) is 2. The number of rotatable bonds is 5. The largest absolute Gasteiger partial charge is 0.352 e. The summed E-state index contributed by atoms with van der Waals surface area (Å²) >= 11 is 1.35. The van der Waals surface area contributed by atoms with Gasteiger partial charge in [-0.25, -0.2) is 4.98 Å². The van der Waals surface area contributed by atoms with Gasteiger partial charge in [0.15, 0.2) is 5.82 Å². The first-order valence-electron chi connectivity index (χ1n) is 8.38. The SMILES string of the molecule is C[C@@H]1[C@H](C)CCC[C@@H]1NC(=O)CSc1n[nH]c(-c2ccncc2)n1. The Bertz CT molecular complexity index is 675. The summed E-state index contributed by atoms with van der Waals surface area (Å²) in [7, 11) is 0. The minimum absolute atomic E-state index is 0.0567. The van der Waals surface area contributed by atoms with Crippen LogP contribution in [0, 0.1) is 11.8 Å². The van der Waals surface area contributed by atoms with Crippen molar-refractivity contribution < 1.29 is 4.79 Å². The van der Waals surface area contributed by atoms with Crippen LogP contribution in [0.15, 0.2) is 29.7 Å². The van der Waals surface area contributed by atoms with Crippen molar-refractivity contribution in [2.75, 3.05) is 5.75 Å². The van der Waals surface area contributed by atoms with Crippen LogP contribution in [0.25, 0.3) is 11.4 Å². The van der Waals surface area contributed by atoms with E-state index in [1.165, 1.54) is 24.6 Å². The molecule has 0 unspecified atom stereocenters. The Morgan fingerprint density at radius 2 is 2.12 bits per heavy atom. The van der Waals surface area contributed by atoms with E-state index in [0.717, 1.165) is 12.0 Å². The molecule has 2 aromatic heterocycles. The number of aromatic amines is 1. The number of thioether (sulfide) groups is 1. The van der Waals surface area contributed by atoms with Gasteiger partial charge in [0, 0.05) is 24.0 Å². The van der Waals surface area contributed by atoms with Crippen LogP contribution in [-0.2, 0) is 4.79 Å². The van der Waals surface area contributed by atoms with Gasteiger partial charge in [-0.2, -0.15) is 0 Å². The summed E-state index contributed by atoms with van der Waals surface area (Å²) in [6.45, 7) is 4.50. The van der Waals surface area contributed by atoms with Gasteiger partial charge in [0.1, 0.15) is 0 Å². The molecule has 3 atom stereocenters. The fraction of sp³-hybridized carbons (Fsp3) is 0.529. The van der Waals surface area contributed by atoms with Gasteiger partial charge in [0.25, 0.3) is 0 Å². The van der Waals surface area contributed by atoms with Crippen molar-refractivity contribution in [2.45, 2.75) is 44.3 Å². The Kier molecular flexibility index (Phi) is 5.50. The zero-order valence-corrected chi connectivity index (χ0v) is 14.8. The molecular formula is C17H23N5OS. The highest BCUT2D eigenvalue weighted by atomic mass is 32.2. The number of H-pyrrole nitrogens is 1. The molecule has 1 saturated carbocycles. The zero-order valence-electron chi connectivity index (χ0n) is 14.0. The van der Waals surface area contributed by atoms with Crippen molar-refractivity contribution >= 4 is 17.7 Å². The first-order valence-corrected chi connectivity index (χ1v) is 9.37. The Balaban J connectivity index is 1.51. The molecule has 0 bridgehead atoms. The van der Waals surface area contributed by atoms with E-state index in [1.54, 1.807) is 12.4 Å². The van der Waals surface area contributed by atoms with Gasteiger partial charge in [-0.15, -0.1) is 5.10 Å². The number of hydrogen-bond acceptors (Lipinski definition) is 5. The summed E-state index contributed by atoms with van der Waals surface area (Å²) in [6, 6.07) is 4.03. The van der Waals surface area contributed by atoms with Crippen LogP contribution in [0.5, 0.6) is 0 Å². The fourth-order valence-electron chi connectivity index (χ4n) is 3.11. The van der Waals surface area contributed by atoms with E-state index in [-0.39, 0.29) is 5.91 Å². The number of carbonyl (C=O) groups is 1. The Hall–Kier alpha value is -1.89. The lowest BCUT2D eigenvalue weighted by atomic mass is 9.78. The van der Waals surface area contributed by atoms with Gasteiger partial charge >= 0.3 is 0 Å². The lowest BCUT2D eigenvalue weighted by Crippen LogP contribution is -2.44. The predicted molar refractivity (Wildman–Crippen MR) is 94.4 cm³/mol. The van der Waals surface area contributed by atoms with Crippen LogP contribution in [0.4, 0.5) is 0 Å². The van der Waals surface area contributed by atoms with Crippen molar-refractivity contribution in [3.05, 3.63) is 24.5 Å². The third-order valence-corrected chi connectivity index (χ3v) is 5.65. The number of nitrogens with zero attached hydrogens (tertiary/aromatic N) is 3. The second-order valence-electron chi connectivity index (χ2n) is 6.43. The van der Waals surface area contributed by atoms with Gasteiger partial charge in [-0.3, -0.25) is 14.9 Å². The number of hydrogen-bond donors (Lipinski definition) is 2. The molecule has 1 fully saturated rings. The van der Waals surface area contributed by atoms with E-state index in [4.69, 9.17) is 0 Å². The zero-order chi connectivity index (χ0) is 16.9. The molecule has 0 aromatic carbocycles. The summed E-state index contributed by atoms with van der Waals surface area (Å²) in [5, 5.41) is 10.8. The molecule has 6 nitrogen and oxygen atoms in total. The maximum atomic E-state index is 12.2. The van der Waals surface area contributed by atoms with Crippen LogP contribution in [-0.4, -0.2) is 37.9 Å². The highest BCUT2D eigenvalue weighted by Gasteiger charge is 2.28. The molecule has 1 aliphatic rings. The van der Waals surface area contributed by atoms with Crippen LogP contribution < -0.4 is 5.32 Å². The predicted octanol–water partition coefficient (Wildman–Crippen LogP) is 2.90. The van der Waals surface area contributed by atoms with E-state index in [2.05, 4.69) is 39.3 Å². The van der Waals surface area contributed by atoms with Crippen LogP contribution in [0.2, 0.25) is 0 Å². The van der Waals surface area contributed by atoms with E-state index in [0.29, 0.717) is 34.6 Å². The van der Waals surface area contributed by atoms with Crippen LogP contribution >= 0.6 is 11.8 Å². The first kappa shape index (κ1) is 17.0. The van der Waals surface area contributed by atoms with Gasteiger partial charge in [-0.05, 0) is 30.4 Å². The van der Waals surface area contributed by atoms with Gasteiger partial charge in [0.2, 0.25) is 11.1 Å². The minimum atomic E-state index is 0.0567. The summed E-state index contributed by atoms with van der Waals surface area (Å²) in [4.78, 5) is 20.6. The lowest BCUT2D eigenvalue weighted by molar-refractivity contribution is -0.120. The molecule has 2 aromatic rings. The summed E-state index contributed by atoms with van der Waals surface area (Å²) in [5.41, 5.74) is 0.929. The topological polar surface area (TPSA) is 83.6 Å². The third kappa shape index (κ3) is 4.14. The normalized spacial score (nSPS) is 23.8. The smallest absolute Gasteiger partial charge is 0.230 e. The molecule has 0 radical (unpaired) electrons. The molecule has 2 heterocycles. The highest BCUT2D eigenvalue weighted by molar-refractivity contribution is 7.99. The van der Waals surface area contributed by atoms with E-state index in [9.17, 15) is 4.79 Å². The molecule has 128 valence electrons. The van der Waals surface area contributed by atoms with E-state index in [1.807, 2.05) is 12.1 Å². The quantitative estimate of drug-likeness (QED) is 0.814. The third-order valence-electron chi connectivity index (χ3n) is 4.80. The number of aromatic nitrogens is 4. The van der Waals surface area contributed by atoms with E-state index < -0.39 is 0 Å². The molecule has 2 N–H and O–H groups in total. The average molecular weight is 345 g/mol. The van der Waals surface area contributed by atoms with Crippen molar-refractivity contribution in [3.63, 3.8) is 0 Å². The molecular weight excluding hydrogens is 322 g/mol. The Morgan fingerprint density at radius 1 is 1.33 bits per heavy atom. The minimum Gasteiger partial charge on any atom is -0.352 e. The molecule has 0 spiro atoms. The second-order valence-corrected chi connectivity index (χ2v) is 7.37. The molecule has 1 amide bonds. The second kappa shape index (κ2) is 7.79. The maximum Gasteiger partial charge on any atom is 0.230 e. The van der Waals surface area contributed by atoms with Gasteiger partial charge in [0.05, 0.1) is 5.75 Å². The van der Waals surface area contributed by atoms with Gasteiger partial charge in [-0.1, -0.05) is 38.5 Å². The number of carbonyl (C=O) groups excluding carboxylic acids is 1. The maximum absolute atomic E-state index is 12.2. The monoisotopic (exact) mass is 345 g/mol. The molecule has 1 aliphatic carbocycles. The van der Waals surface area contributed by atoms with Crippen molar-refractivity contribution in [2.24, 2.45) is 11.8 Å². The van der Waals surface area contributed by atoms with Crippen molar-refractivity contribution in [3.8, 4) is 11.4 Å². The Morgan fingerprint density at radius 3 is 2.92 bits per heavy atom. The van der Waals surface area contributed by atoms with Gasteiger partial charge < -0.3 is 5.32 Å². The molecule has 7 heteroatoms. The molecule has 24 heavy (non-hydrogen) atoms. The fourth-order valence-corrected chi connectivity index (χ4v) is 3.72. The van der Waals surface area contributed by atoms with E-state index >= 15 is 0 Å². The van der Waals surface area contributed by atoms with Crippen LogP contribution in [0.1, 0.15) is 33.1 Å². The lowest BCUT2D eigenvalue weighted by Gasteiger charge is -2.34. The molecule has 3 rings (SSSR count). The summed E-state index contributed by atoms with van der Waals surface area (Å²) in [5.74, 6) is 2.30. The summed E-state index contributed by atoms with van der Waals surface area (Å²) < 4.78 is 0. The first-order chi connectivity index (χ1) is 11.6. The summed E-state index contributed by atoms with van der Waals surface area (Å²) in [6.07, 6.45) is 6.96. The molecule has 0 saturated heterocycles. The Labute approximate surface area is 146 Å². The number of amides is 1. The standard InChI is InChI=1S/C17H23N5OS/c1-11-4-3-5-14(12(11)2)19-15(23)10-24-17-20-16(21-22-17)13-6-8-18-9-7-13/h6-9,11-12,14H,3-5,10H2,1-2H3,(H,19,23)(H,20,21,22)/t11-,12-,14+/m1/s1. The number of pyridine rings is 1. The van der Waals surface area contributed by atoms with Crippen molar-refractivity contribution in [1.29, 1.82) is 0 Å².